The Morgan fingerprint density at radius 2 is 2.00 bits per heavy atom. The van der Waals surface area contributed by atoms with Gasteiger partial charge in [0.15, 0.2) is 0 Å². The first-order valence-electron chi connectivity index (χ1n) is 6.74. The van der Waals surface area contributed by atoms with Gasteiger partial charge < -0.3 is 10.1 Å². The summed E-state index contributed by atoms with van der Waals surface area (Å²) >= 11 is 2.04. The van der Waals surface area contributed by atoms with E-state index < -0.39 is 0 Å². The predicted octanol–water partition coefficient (Wildman–Crippen LogP) is 3.03. The van der Waals surface area contributed by atoms with E-state index in [2.05, 4.69) is 43.4 Å². The molecular weight excluding hydrogens is 242 g/mol. The van der Waals surface area contributed by atoms with E-state index in [1.54, 1.807) is 0 Å². The monoisotopic (exact) mass is 265 g/mol. The molecule has 100 valence electrons. The lowest BCUT2D eigenvalue weighted by molar-refractivity contribution is 0.0452. The molecule has 2 rings (SSSR count). The molecule has 2 unspecified atom stereocenters. The summed E-state index contributed by atoms with van der Waals surface area (Å²) in [5, 5.41) is 4.70. The van der Waals surface area contributed by atoms with Gasteiger partial charge in [0.1, 0.15) is 0 Å². The van der Waals surface area contributed by atoms with Gasteiger partial charge in [-0.3, -0.25) is 0 Å². The molecule has 1 aromatic rings. The molecule has 3 heteroatoms. The van der Waals surface area contributed by atoms with Gasteiger partial charge in [-0.25, -0.2) is 0 Å². The molecule has 1 aliphatic heterocycles. The first-order valence-corrected chi connectivity index (χ1v) is 7.68. The molecule has 1 fully saturated rings. The quantitative estimate of drug-likeness (QED) is 0.854. The number of ether oxygens (including phenoxy) is 1. The number of benzene rings is 1. The maximum atomic E-state index is 5.24. The standard InChI is InChI=1S/C15H23NOS/c1-4-12-5-7-13(8-6-12)15(16-3)11(2)18-14-9-17-10-14/h5-8,11,14-16H,4,9-10H2,1-3H3. The van der Waals surface area contributed by atoms with Gasteiger partial charge in [-0.1, -0.05) is 38.1 Å². The summed E-state index contributed by atoms with van der Waals surface area (Å²) < 4.78 is 5.24. The van der Waals surface area contributed by atoms with Gasteiger partial charge in [-0.2, -0.15) is 0 Å². The third kappa shape index (κ3) is 3.28. The molecule has 0 aliphatic carbocycles. The predicted molar refractivity (Wildman–Crippen MR) is 79.3 cm³/mol. The molecule has 0 aromatic heterocycles. The van der Waals surface area contributed by atoms with E-state index in [0.717, 1.165) is 19.6 Å². The molecule has 18 heavy (non-hydrogen) atoms. The van der Waals surface area contributed by atoms with E-state index in [1.807, 2.05) is 18.8 Å². The van der Waals surface area contributed by atoms with Crippen molar-refractivity contribution in [1.82, 2.24) is 5.32 Å². The highest BCUT2D eigenvalue weighted by Crippen LogP contribution is 2.32. The zero-order chi connectivity index (χ0) is 13.0. The fraction of sp³-hybridized carbons (Fsp3) is 0.600. The highest BCUT2D eigenvalue weighted by molar-refractivity contribution is 8.00. The minimum absolute atomic E-state index is 0.418. The zero-order valence-electron chi connectivity index (χ0n) is 11.5. The zero-order valence-corrected chi connectivity index (χ0v) is 12.3. The van der Waals surface area contributed by atoms with Crippen LogP contribution in [-0.2, 0) is 11.2 Å². The summed E-state index contributed by atoms with van der Waals surface area (Å²) in [6, 6.07) is 9.41. The van der Waals surface area contributed by atoms with Crippen molar-refractivity contribution >= 4 is 11.8 Å². The first kappa shape index (κ1) is 13.9. The molecule has 2 atom stereocenters. The number of hydrogen-bond acceptors (Lipinski definition) is 3. The minimum Gasteiger partial charge on any atom is -0.379 e. The van der Waals surface area contributed by atoms with E-state index in [9.17, 15) is 0 Å². The Morgan fingerprint density at radius 3 is 2.44 bits per heavy atom. The Balaban J connectivity index is 2.00. The van der Waals surface area contributed by atoms with Crippen molar-refractivity contribution in [3.63, 3.8) is 0 Å². The molecule has 1 aliphatic rings. The smallest absolute Gasteiger partial charge is 0.0608 e. The first-order chi connectivity index (χ1) is 8.74. The SMILES string of the molecule is CCc1ccc(C(NC)C(C)SC2COC2)cc1. The van der Waals surface area contributed by atoms with Crippen LogP contribution < -0.4 is 5.32 Å². The van der Waals surface area contributed by atoms with Crippen LogP contribution in [0.4, 0.5) is 0 Å². The molecule has 0 radical (unpaired) electrons. The van der Waals surface area contributed by atoms with Crippen molar-refractivity contribution in [3.8, 4) is 0 Å². The molecule has 0 amide bonds. The lowest BCUT2D eigenvalue weighted by Crippen LogP contribution is -2.35. The second-order valence-corrected chi connectivity index (χ2v) is 6.54. The second kappa shape index (κ2) is 6.60. The summed E-state index contributed by atoms with van der Waals surface area (Å²) in [4.78, 5) is 0. The van der Waals surface area contributed by atoms with Crippen LogP contribution in [0.15, 0.2) is 24.3 Å². The third-order valence-electron chi connectivity index (χ3n) is 3.54. The van der Waals surface area contributed by atoms with Crippen molar-refractivity contribution < 1.29 is 4.74 Å². The number of aryl methyl sites for hydroxylation is 1. The van der Waals surface area contributed by atoms with Crippen molar-refractivity contribution in [2.45, 2.75) is 36.8 Å². The number of nitrogens with one attached hydrogen (secondary N) is 1. The molecule has 1 N–H and O–H groups in total. The van der Waals surface area contributed by atoms with Gasteiger partial charge in [-0.15, -0.1) is 11.8 Å². The Kier molecular flexibility index (Phi) is 5.10. The molecule has 0 saturated carbocycles. The lowest BCUT2D eigenvalue weighted by Gasteiger charge is -2.31. The average Bonchev–Trinajstić information content (AvgIpc) is 2.35. The molecule has 0 bridgehead atoms. The van der Waals surface area contributed by atoms with Crippen LogP contribution in [0.25, 0.3) is 0 Å². The van der Waals surface area contributed by atoms with E-state index in [4.69, 9.17) is 4.74 Å². The second-order valence-electron chi connectivity index (χ2n) is 4.86. The van der Waals surface area contributed by atoms with Gasteiger partial charge in [0.05, 0.1) is 18.5 Å². The minimum atomic E-state index is 0.418. The maximum absolute atomic E-state index is 5.24. The Bertz CT molecular complexity index is 361. The highest BCUT2D eigenvalue weighted by atomic mass is 32.2. The van der Waals surface area contributed by atoms with Crippen molar-refractivity contribution in [1.29, 1.82) is 0 Å². The maximum Gasteiger partial charge on any atom is 0.0608 e. The number of hydrogen-bond donors (Lipinski definition) is 1. The Hall–Kier alpha value is -0.510. The molecule has 2 nitrogen and oxygen atoms in total. The molecular formula is C15H23NOS. The van der Waals surface area contributed by atoms with Crippen LogP contribution in [-0.4, -0.2) is 30.8 Å². The van der Waals surface area contributed by atoms with Crippen LogP contribution in [0.1, 0.15) is 31.0 Å². The highest BCUT2D eigenvalue weighted by Gasteiger charge is 2.26. The molecule has 1 saturated heterocycles. The number of thioether (sulfide) groups is 1. The van der Waals surface area contributed by atoms with E-state index in [1.165, 1.54) is 11.1 Å². The summed E-state index contributed by atoms with van der Waals surface area (Å²) in [5.74, 6) is 0. The Morgan fingerprint density at radius 1 is 1.33 bits per heavy atom. The normalized spacial score (nSPS) is 19.3. The Labute approximate surface area is 114 Å². The number of rotatable bonds is 6. The molecule has 1 aromatic carbocycles. The average molecular weight is 265 g/mol. The van der Waals surface area contributed by atoms with Crippen LogP contribution >= 0.6 is 11.8 Å². The van der Waals surface area contributed by atoms with Gasteiger partial charge in [-0.05, 0) is 24.6 Å². The van der Waals surface area contributed by atoms with Crippen LogP contribution in [0.2, 0.25) is 0 Å². The fourth-order valence-electron chi connectivity index (χ4n) is 2.31. The van der Waals surface area contributed by atoms with Gasteiger partial charge in [0.25, 0.3) is 0 Å². The summed E-state index contributed by atoms with van der Waals surface area (Å²) in [7, 11) is 2.05. The largest absolute Gasteiger partial charge is 0.379 e. The van der Waals surface area contributed by atoms with Gasteiger partial charge in [0, 0.05) is 11.3 Å². The van der Waals surface area contributed by atoms with Gasteiger partial charge in [0.2, 0.25) is 0 Å². The summed E-state index contributed by atoms with van der Waals surface area (Å²) in [6.45, 7) is 6.33. The van der Waals surface area contributed by atoms with E-state index in [0.29, 0.717) is 16.5 Å². The third-order valence-corrected chi connectivity index (χ3v) is 4.90. The molecule has 1 heterocycles. The van der Waals surface area contributed by atoms with E-state index >= 15 is 0 Å². The summed E-state index contributed by atoms with van der Waals surface area (Å²) in [6.07, 6.45) is 1.11. The van der Waals surface area contributed by atoms with Crippen LogP contribution in [0, 0.1) is 0 Å². The molecule has 0 spiro atoms. The van der Waals surface area contributed by atoms with Gasteiger partial charge >= 0.3 is 0 Å². The topological polar surface area (TPSA) is 21.3 Å². The van der Waals surface area contributed by atoms with Crippen LogP contribution in [0.5, 0.6) is 0 Å². The summed E-state index contributed by atoms with van der Waals surface area (Å²) in [5.41, 5.74) is 2.79. The van der Waals surface area contributed by atoms with Crippen molar-refractivity contribution in [3.05, 3.63) is 35.4 Å². The van der Waals surface area contributed by atoms with Crippen molar-refractivity contribution in [2.24, 2.45) is 0 Å². The van der Waals surface area contributed by atoms with Crippen molar-refractivity contribution in [2.75, 3.05) is 20.3 Å². The van der Waals surface area contributed by atoms with Crippen LogP contribution in [0.3, 0.4) is 0 Å². The fourth-order valence-corrected chi connectivity index (χ4v) is 3.71. The van der Waals surface area contributed by atoms with E-state index in [-0.39, 0.29) is 0 Å². The lowest BCUT2D eigenvalue weighted by atomic mass is 10.0.